The number of carbonyl (C=O) groups is 1. The molecule has 0 radical (unpaired) electrons. The second kappa shape index (κ2) is 5.39. The number of aromatic nitrogens is 1. The zero-order chi connectivity index (χ0) is 12.3. The Balaban J connectivity index is 2.12. The Bertz CT molecular complexity index is 389. The van der Waals surface area contributed by atoms with Gasteiger partial charge in [0.15, 0.2) is 0 Å². The van der Waals surface area contributed by atoms with Crippen molar-refractivity contribution in [3.8, 4) is 0 Å². The minimum absolute atomic E-state index is 0.429. The predicted octanol–water partition coefficient (Wildman–Crippen LogP) is 3.33. The van der Waals surface area contributed by atoms with Crippen molar-refractivity contribution >= 4 is 5.97 Å². The number of aromatic carboxylic acids is 1. The number of rotatable bonds is 4. The maximum atomic E-state index is 11.1. The van der Waals surface area contributed by atoms with Crippen molar-refractivity contribution in [2.24, 2.45) is 5.92 Å². The van der Waals surface area contributed by atoms with Gasteiger partial charge in [-0.25, -0.2) is 4.79 Å². The third kappa shape index (κ3) is 2.71. The first-order chi connectivity index (χ1) is 8.22. The molecule has 94 valence electrons. The van der Waals surface area contributed by atoms with E-state index < -0.39 is 5.97 Å². The fourth-order valence-electron chi connectivity index (χ4n) is 2.94. The van der Waals surface area contributed by atoms with E-state index in [1.54, 1.807) is 6.07 Å². The molecule has 0 unspecified atom stereocenters. The van der Waals surface area contributed by atoms with E-state index in [2.05, 4.69) is 0 Å². The Morgan fingerprint density at radius 1 is 1.35 bits per heavy atom. The molecule has 0 spiro atoms. The number of carboxylic acids is 1. The summed E-state index contributed by atoms with van der Waals surface area (Å²) in [6.07, 6.45) is 7.69. The third-order valence-electron chi connectivity index (χ3n) is 3.83. The van der Waals surface area contributed by atoms with Crippen molar-refractivity contribution in [1.29, 1.82) is 0 Å². The highest BCUT2D eigenvalue weighted by molar-refractivity contribution is 5.86. The number of carboxylic acid groups (broad SMARTS) is 1. The van der Waals surface area contributed by atoms with Gasteiger partial charge >= 0.3 is 5.97 Å². The van der Waals surface area contributed by atoms with Crippen LogP contribution in [0, 0.1) is 5.92 Å². The smallest absolute Gasteiger partial charge is 0.352 e. The standard InChI is InChI=1S/C14H21NO2/c1-2-15-12(8-9-13(15)14(16)17)10-11-6-4-3-5-7-11/h8-9,11H,2-7,10H2,1H3,(H,16,17). The van der Waals surface area contributed by atoms with Crippen LogP contribution in [0.5, 0.6) is 0 Å². The summed E-state index contributed by atoms with van der Waals surface area (Å²) >= 11 is 0. The van der Waals surface area contributed by atoms with Crippen molar-refractivity contribution in [2.75, 3.05) is 0 Å². The molecule has 0 aromatic carbocycles. The molecular formula is C14H21NO2. The summed E-state index contributed by atoms with van der Waals surface area (Å²) in [5.41, 5.74) is 1.62. The van der Waals surface area contributed by atoms with Gasteiger partial charge in [0.1, 0.15) is 5.69 Å². The Labute approximate surface area is 102 Å². The molecule has 3 nitrogen and oxygen atoms in total. The Kier molecular flexibility index (Phi) is 3.87. The Morgan fingerprint density at radius 2 is 2.06 bits per heavy atom. The normalized spacial score (nSPS) is 17.2. The lowest BCUT2D eigenvalue weighted by Gasteiger charge is -2.22. The van der Waals surface area contributed by atoms with Gasteiger partial charge in [0, 0.05) is 12.2 Å². The lowest BCUT2D eigenvalue weighted by molar-refractivity contribution is 0.0684. The number of hydrogen-bond acceptors (Lipinski definition) is 1. The first-order valence-corrected chi connectivity index (χ1v) is 6.64. The molecule has 0 amide bonds. The topological polar surface area (TPSA) is 42.2 Å². The van der Waals surface area contributed by atoms with E-state index in [4.69, 9.17) is 5.11 Å². The van der Waals surface area contributed by atoms with Gasteiger partial charge in [0.05, 0.1) is 0 Å². The minimum atomic E-state index is -0.818. The van der Waals surface area contributed by atoms with Crippen LogP contribution in [0.2, 0.25) is 0 Å². The summed E-state index contributed by atoms with van der Waals surface area (Å²) in [5.74, 6) is -0.0626. The van der Waals surface area contributed by atoms with Crippen molar-refractivity contribution in [3.05, 3.63) is 23.5 Å². The monoisotopic (exact) mass is 235 g/mol. The highest BCUT2D eigenvalue weighted by atomic mass is 16.4. The van der Waals surface area contributed by atoms with Gasteiger partial charge in [-0.1, -0.05) is 32.1 Å². The summed E-state index contributed by atoms with van der Waals surface area (Å²) in [6.45, 7) is 2.76. The van der Waals surface area contributed by atoms with Crippen LogP contribution in [0.4, 0.5) is 0 Å². The van der Waals surface area contributed by atoms with E-state index >= 15 is 0 Å². The minimum Gasteiger partial charge on any atom is -0.477 e. The van der Waals surface area contributed by atoms with Crippen LogP contribution in [-0.4, -0.2) is 15.6 Å². The summed E-state index contributed by atoms with van der Waals surface area (Å²) in [7, 11) is 0. The molecule has 1 aromatic rings. The summed E-state index contributed by atoms with van der Waals surface area (Å²) in [6, 6.07) is 3.73. The Hall–Kier alpha value is -1.25. The van der Waals surface area contributed by atoms with Gasteiger partial charge < -0.3 is 9.67 Å². The van der Waals surface area contributed by atoms with Crippen molar-refractivity contribution in [3.63, 3.8) is 0 Å². The molecule has 17 heavy (non-hydrogen) atoms. The molecule has 1 aliphatic carbocycles. The summed E-state index contributed by atoms with van der Waals surface area (Å²) < 4.78 is 1.94. The van der Waals surface area contributed by atoms with E-state index in [9.17, 15) is 4.79 Å². The van der Waals surface area contributed by atoms with E-state index in [1.807, 2.05) is 17.6 Å². The zero-order valence-corrected chi connectivity index (χ0v) is 10.5. The average Bonchev–Trinajstić information content (AvgIpc) is 2.73. The SMILES string of the molecule is CCn1c(CC2CCCCC2)ccc1C(=O)O. The van der Waals surface area contributed by atoms with Gasteiger partial charge in [0.2, 0.25) is 0 Å². The van der Waals surface area contributed by atoms with Crippen LogP contribution in [0.3, 0.4) is 0 Å². The molecule has 0 saturated heterocycles. The Morgan fingerprint density at radius 3 is 2.65 bits per heavy atom. The molecule has 1 fully saturated rings. The molecule has 2 rings (SSSR count). The maximum absolute atomic E-state index is 11.1. The highest BCUT2D eigenvalue weighted by Crippen LogP contribution is 2.27. The molecule has 0 atom stereocenters. The van der Waals surface area contributed by atoms with Crippen molar-refractivity contribution in [1.82, 2.24) is 4.57 Å². The van der Waals surface area contributed by atoms with Crippen LogP contribution < -0.4 is 0 Å². The fourth-order valence-corrected chi connectivity index (χ4v) is 2.94. The van der Waals surface area contributed by atoms with Gasteiger partial charge in [-0.3, -0.25) is 0 Å². The summed E-state index contributed by atoms with van der Waals surface area (Å²) in [4.78, 5) is 11.1. The van der Waals surface area contributed by atoms with Crippen LogP contribution >= 0.6 is 0 Å². The predicted molar refractivity (Wildman–Crippen MR) is 67.3 cm³/mol. The molecular weight excluding hydrogens is 214 g/mol. The van der Waals surface area contributed by atoms with E-state index in [0.29, 0.717) is 5.69 Å². The highest BCUT2D eigenvalue weighted by Gasteiger charge is 2.18. The molecule has 1 heterocycles. The quantitative estimate of drug-likeness (QED) is 0.869. The zero-order valence-electron chi connectivity index (χ0n) is 10.5. The van der Waals surface area contributed by atoms with Crippen LogP contribution in [0.25, 0.3) is 0 Å². The first-order valence-electron chi connectivity index (χ1n) is 6.64. The maximum Gasteiger partial charge on any atom is 0.352 e. The molecule has 3 heteroatoms. The van der Waals surface area contributed by atoms with Crippen LogP contribution in [-0.2, 0) is 13.0 Å². The average molecular weight is 235 g/mol. The summed E-state index contributed by atoms with van der Waals surface area (Å²) in [5, 5.41) is 9.10. The molecule has 0 bridgehead atoms. The molecule has 1 saturated carbocycles. The lowest BCUT2D eigenvalue weighted by Crippen LogP contribution is -2.15. The fraction of sp³-hybridized carbons (Fsp3) is 0.643. The number of nitrogens with zero attached hydrogens (tertiary/aromatic N) is 1. The second-order valence-corrected chi connectivity index (χ2v) is 4.97. The van der Waals surface area contributed by atoms with E-state index in [-0.39, 0.29) is 0 Å². The molecule has 0 aliphatic heterocycles. The van der Waals surface area contributed by atoms with E-state index in [1.165, 1.54) is 37.8 Å². The van der Waals surface area contributed by atoms with Gasteiger partial charge in [-0.05, 0) is 31.4 Å². The van der Waals surface area contributed by atoms with Crippen molar-refractivity contribution in [2.45, 2.75) is 52.0 Å². The number of hydrogen-bond donors (Lipinski definition) is 1. The molecule has 1 N–H and O–H groups in total. The molecule has 1 aliphatic rings. The van der Waals surface area contributed by atoms with Crippen LogP contribution in [0.1, 0.15) is 55.2 Å². The van der Waals surface area contributed by atoms with Gasteiger partial charge in [-0.15, -0.1) is 0 Å². The third-order valence-corrected chi connectivity index (χ3v) is 3.83. The largest absolute Gasteiger partial charge is 0.477 e. The van der Waals surface area contributed by atoms with Crippen molar-refractivity contribution < 1.29 is 9.90 Å². The van der Waals surface area contributed by atoms with E-state index in [0.717, 1.165) is 18.9 Å². The lowest BCUT2D eigenvalue weighted by atomic mass is 9.86. The first kappa shape index (κ1) is 12.2. The van der Waals surface area contributed by atoms with Crippen LogP contribution in [0.15, 0.2) is 12.1 Å². The molecule has 1 aromatic heterocycles. The van der Waals surface area contributed by atoms with Gasteiger partial charge in [-0.2, -0.15) is 0 Å². The van der Waals surface area contributed by atoms with Gasteiger partial charge in [0.25, 0.3) is 0 Å². The second-order valence-electron chi connectivity index (χ2n) is 4.97.